The number of carbonyl (C=O) groups excluding carboxylic acids is 2. The number of hydrogen-bond acceptors (Lipinski definition) is 3. The van der Waals surface area contributed by atoms with Crippen LogP contribution in [0.2, 0.25) is 0 Å². The summed E-state index contributed by atoms with van der Waals surface area (Å²) in [6.07, 6.45) is 1.39. The molecule has 0 saturated heterocycles. The largest absolute Gasteiger partial charge is 0.483 e. The van der Waals surface area contributed by atoms with Gasteiger partial charge in [0.15, 0.2) is 6.61 Å². The molecule has 5 nitrogen and oxygen atoms in total. The standard InChI is InChI=1S/C25H34N2O3/c1-6-14-26-25(29)22(7-2)27(16-21-11-9-8-10-19(21)4)24(28)17-30-23-15-18(3)12-13-20(23)5/h8-13,15,22H,6-7,14,16-17H2,1-5H3,(H,26,29)/t22-/m0/s1. The molecular formula is C25H34N2O3. The highest BCUT2D eigenvalue weighted by Gasteiger charge is 2.29. The van der Waals surface area contributed by atoms with Crippen molar-refractivity contribution in [2.75, 3.05) is 13.2 Å². The van der Waals surface area contributed by atoms with Gasteiger partial charge in [0.25, 0.3) is 5.91 Å². The fourth-order valence-electron chi connectivity index (χ4n) is 3.34. The Bertz CT molecular complexity index is 863. The molecule has 0 fully saturated rings. The van der Waals surface area contributed by atoms with Gasteiger partial charge in [-0.1, -0.05) is 50.2 Å². The summed E-state index contributed by atoms with van der Waals surface area (Å²) in [5.41, 5.74) is 4.17. The van der Waals surface area contributed by atoms with Gasteiger partial charge in [0, 0.05) is 13.1 Å². The lowest BCUT2D eigenvalue weighted by Crippen LogP contribution is -2.50. The van der Waals surface area contributed by atoms with Gasteiger partial charge in [-0.05, 0) is 61.9 Å². The molecule has 0 aliphatic rings. The molecule has 1 N–H and O–H groups in total. The fourth-order valence-corrected chi connectivity index (χ4v) is 3.34. The summed E-state index contributed by atoms with van der Waals surface area (Å²) < 4.78 is 5.86. The van der Waals surface area contributed by atoms with E-state index in [4.69, 9.17) is 4.74 Å². The van der Waals surface area contributed by atoms with Crippen molar-refractivity contribution in [2.45, 2.75) is 60.0 Å². The fraction of sp³-hybridized carbons (Fsp3) is 0.440. The zero-order valence-electron chi connectivity index (χ0n) is 18.8. The van der Waals surface area contributed by atoms with E-state index in [1.54, 1.807) is 4.90 Å². The Labute approximate surface area is 180 Å². The number of amides is 2. The molecule has 2 aromatic rings. The van der Waals surface area contributed by atoms with Crippen molar-refractivity contribution < 1.29 is 14.3 Å². The summed E-state index contributed by atoms with van der Waals surface area (Å²) in [7, 11) is 0. The molecule has 0 unspecified atom stereocenters. The predicted molar refractivity (Wildman–Crippen MR) is 121 cm³/mol. The van der Waals surface area contributed by atoms with Gasteiger partial charge in [-0.2, -0.15) is 0 Å². The van der Waals surface area contributed by atoms with Gasteiger partial charge < -0.3 is 15.0 Å². The maximum absolute atomic E-state index is 13.2. The molecule has 2 aromatic carbocycles. The third-order valence-electron chi connectivity index (χ3n) is 5.23. The van der Waals surface area contributed by atoms with E-state index in [0.29, 0.717) is 25.3 Å². The molecule has 0 heterocycles. The molecule has 162 valence electrons. The van der Waals surface area contributed by atoms with Crippen molar-refractivity contribution in [3.63, 3.8) is 0 Å². The average molecular weight is 411 g/mol. The van der Waals surface area contributed by atoms with E-state index in [9.17, 15) is 9.59 Å². The van der Waals surface area contributed by atoms with Crippen LogP contribution < -0.4 is 10.1 Å². The van der Waals surface area contributed by atoms with Crippen LogP contribution in [0.5, 0.6) is 5.75 Å². The minimum absolute atomic E-state index is 0.103. The second-order valence-electron chi connectivity index (χ2n) is 7.72. The number of ether oxygens (including phenoxy) is 1. The molecule has 0 bridgehead atoms. The van der Waals surface area contributed by atoms with Gasteiger partial charge in [-0.15, -0.1) is 0 Å². The first-order chi connectivity index (χ1) is 14.4. The molecule has 0 aliphatic heterocycles. The molecule has 5 heteroatoms. The second-order valence-corrected chi connectivity index (χ2v) is 7.72. The average Bonchev–Trinajstić information content (AvgIpc) is 2.73. The van der Waals surface area contributed by atoms with Crippen molar-refractivity contribution in [1.29, 1.82) is 0 Å². The molecule has 2 amide bonds. The van der Waals surface area contributed by atoms with Gasteiger partial charge in [-0.25, -0.2) is 0 Å². The van der Waals surface area contributed by atoms with E-state index in [-0.39, 0.29) is 18.4 Å². The lowest BCUT2D eigenvalue weighted by Gasteiger charge is -2.31. The van der Waals surface area contributed by atoms with E-state index < -0.39 is 6.04 Å². The Kier molecular flexibility index (Phi) is 8.90. The molecule has 0 saturated carbocycles. The summed E-state index contributed by atoms with van der Waals surface area (Å²) in [6, 6.07) is 13.3. The van der Waals surface area contributed by atoms with Crippen molar-refractivity contribution in [1.82, 2.24) is 10.2 Å². The molecule has 0 aromatic heterocycles. The van der Waals surface area contributed by atoms with Crippen LogP contribution in [-0.4, -0.2) is 35.9 Å². The molecule has 1 atom stereocenters. The SMILES string of the molecule is CCCNC(=O)[C@H](CC)N(Cc1ccccc1C)C(=O)COc1cc(C)ccc1C. The van der Waals surface area contributed by atoms with Crippen LogP contribution in [0.15, 0.2) is 42.5 Å². The number of carbonyl (C=O) groups is 2. The Morgan fingerprint density at radius 3 is 2.43 bits per heavy atom. The second kappa shape index (κ2) is 11.4. The Morgan fingerprint density at radius 1 is 1.03 bits per heavy atom. The van der Waals surface area contributed by atoms with Crippen molar-refractivity contribution in [3.8, 4) is 5.75 Å². The molecule has 2 rings (SSSR count). The van der Waals surface area contributed by atoms with Crippen LogP contribution >= 0.6 is 0 Å². The van der Waals surface area contributed by atoms with Crippen LogP contribution in [-0.2, 0) is 16.1 Å². The van der Waals surface area contributed by atoms with Gasteiger partial charge in [0.05, 0.1) is 0 Å². The molecule has 30 heavy (non-hydrogen) atoms. The number of nitrogens with one attached hydrogen (secondary N) is 1. The highest BCUT2D eigenvalue weighted by Crippen LogP contribution is 2.20. The van der Waals surface area contributed by atoms with Gasteiger partial charge in [0.2, 0.25) is 5.91 Å². The zero-order chi connectivity index (χ0) is 22.1. The molecular weight excluding hydrogens is 376 g/mol. The van der Waals surface area contributed by atoms with E-state index in [1.807, 2.05) is 77.1 Å². The lowest BCUT2D eigenvalue weighted by molar-refractivity contribution is -0.143. The minimum atomic E-state index is -0.536. The monoisotopic (exact) mass is 410 g/mol. The topological polar surface area (TPSA) is 58.6 Å². The zero-order valence-corrected chi connectivity index (χ0v) is 18.8. The predicted octanol–water partition coefficient (Wildman–Crippen LogP) is 4.32. The Balaban J connectivity index is 2.24. The summed E-state index contributed by atoms with van der Waals surface area (Å²) in [6.45, 7) is 10.8. The first kappa shape index (κ1) is 23.5. The van der Waals surface area contributed by atoms with Crippen molar-refractivity contribution in [2.24, 2.45) is 0 Å². The summed E-state index contributed by atoms with van der Waals surface area (Å²) in [5, 5.41) is 2.94. The van der Waals surface area contributed by atoms with Crippen LogP contribution in [0.4, 0.5) is 0 Å². The Morgan fingerprint density at radius 2 is 1.77 bits per heavy atom. The summed E-state index contributed by atoms with van der Waals surface area (Å²) in [5.74, 6) is 0.383. The maximum atomic E-state index is 13.2. The van der Waals surface area contributed by atoms with Crippen LogP contribution in [0.3, 0.4) is 0 Å². The third-order valence-corrected chi connectivity index (χ3v) is 5.23. The number of nitrogens with zero attached hydrogens (tertiary/aromatic N) is 1. The number of rotatable bonds is 10. The first-order valence-electron chi connectivity index (χ1n) is 10.7. The molecule has 0 radical (unpaired) electrons. The van der Waals surface area contributed by atoms with Gasteiger partial charge >= 0.3 is 0 Å². The quantitative estimate of drug-likeness (QED) is 0.634. The van der Waals surface area contributed by atoms with Gasteiger partial charge in [0.1, 0.15) is 11.8 Å². The third kappa shape index (κ3) is 6.34. The number of benzene rings is 2. The van der Waals surface area contributed by atoms with Crippen molar-refractivity contribution >= 4 is 11.8 Å². The van der Waals surface area contributed by atoms with Gasteiger partial charge in [-0.3, -0.25) is 9.59 Å². The van der Waals surface area contributed by atoms with Crippen molar-refractivity contribution in [3.05, 3.63) is 64.7 Å². The normalized spacial score (nSPS) is 11.6. The van der Waals surface area contributed by atoms with Crippen LogP contribution in [0.25, 0.3) is 0 Å². The minimum Gasteiger partial charge on any atom is -0.483 e. The van der Waals surface area contributed by atoms with Crippen LogP contribution in [0.1, 0.15) is 48.9 Å². The number of aryl methyl sites for hydroxylation is 3. The maximum Gasteiger partial charge on any atom is 0.261 e. The lowest BCUT2D eigenvalue weighted by atomic mass is 10.1. The summed E-state index contributed by atoms with van der Waals surface area (Å²) >= 11 is 0. The summed E-state index contributed by atoms with van der Waals surface area (Å²) in [4.78, 5) is 27.7. The highest BCUT2D eigenvalue weighted by atomic mass is 16.5. The van der Waals surface area contributed by atoms with E-state index in [1.165, 1.54) is 0 Å². The molecule has 0 spiro atoms. The number of hydrogen-bond donors (Lipinski definition) is 1. The van der Waals surface area contributed by atoms with E-state index in [2.05, 4.69) is 5.32 Å². The first-order valence-corrected chi connectivity index (χ1v) is 10.7. The molecule has 0 aliphatic carbocycles. The Hall–Kier alpha value is -2.82. The van der Waals surface area contributed by atoms with Crippen LogP contribution in [0, 0.1) is 20.8 Å². The van der Waals surface area contributed by atoms with E-state index >= 15 is 0 Å². The van der Waals surface area contributed by atoms with E-state index in [0.717, 1.165) is 28.7 Å². The smallest absolute Gasteiger partial charge is 0.261 e. The highest BCUT2D eigenvalue weighted by molar-refractivity contribution is 5.88.